The standard InChI is InChI=1S/C19H23N5O3/c20-17-11-16(22-19(23-17)24-5-8-26-9-6-24)13-2-1-3-14(10-13)18(25)21-15-4-7-27-12-15/h1-3,10-11,15H,4-9,12H2,(H,21,25)(H2,20,22,23). The summed E-state index contributed by atoms with van der Waals surface area (Å²) in [5.74, 6) is 0.883. The second kappa shape index (κ2) is 7.89. The summed E-state index contributed by atoms with van der Waals surface area (Å²) in [6.07, 6.45) is 0.844. The molecule has 3 N–H and O–H groups in total. The molecule has 1 amide bonds. The van der Waals surface area contributed by atoms with E-state index in [4.69, 9.17) is 15.2 Å². The zero-order chi connectivity index (χ0) is 18.6. The molecule has 8 nitrogen and oxygen atoms in total. The van der Waals surface area contributed by atoms with Gasteiger partial charge in [0.2, 0.25) is 5.95 Å². The van der Waals surface area contributed by atoms with Crippen molar-refractivity contribution in [1.82, 2.24) is 15.3 Å². The van der Waals surface area contributed by atoms with E-state index >= 15 is 0 Å². The van der Waals surface area contributed by atoms with Crippen molar-refractivity contribution in [2.75, 3.05) is 50.2 Å². The van der Waals surface area contributed by atoms with Crippen LogP contribution in [0.5, 0.6) is 0 Å². The number of rotatable bonds is 4. The lowest BCUT2D eigenvalue weighted by molar-refractivity contribution is 0.0930. The normalized spacial score (nSPS) is 19.9. The molecule has 0 saturated carbocycles. The van der Waals surface area contributed by atoms with E-state index in [1.54, 1.807) is 12.1 Å². The number of anilines is 2. The first-order valence-corrected chi connectivity index (χ1v) is 9.15. The highest BCUT2D eigenvalue weighted by atomic mass is 16.5. The van der Waals surface area contributed by atoms with E-state index in [0.29, 0.717) is 49.5 Å². The molecule has 3 heterocycles. The maximum absolute atomic E-state index is 12.5. The van der Waals surface area contributed by atoms with Gasteiger partial charge in [-0.2, -0.15) is 4.98 Å². The van der Waals surface area contributed by atoms with E-state index in [0.717, 1.165) is 25.1 Å². The monoisotopic (exact) mass is 369 g/mol. The van der Waals surface area contributed by atoms with Crippen LogP contribution in [0.25, 0.3) is 11.3 Å². The molecule has 0 aliphatic carbocycles. The van der Waals surface area contributed by atoms with Gasteiger partial charge in [0.25, 0.3) is 5.91 Å². The molecule has 1 aromatic carbocycles. The molecule has 2 fully saturated rings. The van der Waals surface area contributed by atoms with Crippen molar-refractivity contribution in [2.24, 2.45) is 0 Å². The quantitative estimate of drug-likeness (QED) is 0.831. The highest BCUT2D eigenvalue weighted by Gasteiger charge is 2.19. The fourth-order valence-corrected chi connectivity index (χ4v) is 3.24. The predicted octanol–water partition coefficient (Wildman–Crippen LogP) is 1.08. The summed E-state index contributed by atoms with van der Waals surface area (Å²) in [6, 6.07) is 9.19. The Hall–Kier alpha value is -2.71. The highest BCUT2D eigenvalue weighted by molar-refractivity contribution is 5.95. The number of benzene rings is 1. The molecule has 4 rings (SSSR count). The molecular weight excluding hydrogens is 346 g/mol. The van der Waals surface area contributed by atoms with Gasteiger partial charge in [-0.15, -0.1) is 0 Å². The third-order valence-electron chi connectivity index (χ3n) is 4.71. The van der Waals surface area contributed by atoms with E-state index in [1.165, 1.54) is 0 Å². The first-order valence-electron chi connectivity index (χ1n) is 9.15. The number of nitrogens with one attached hydrogen (secondary N) is 1. The third kappa shape index (κ3) is 4.17. The van der Waals surface area contributed by atoms with Crippen molar-refractivity contribution in [3.63, 3.8) is 0 Å². The molecule has 142 valence electrons. The number of aromatic nitrogens is 2. The van der Waals surface area contributed by atoms with Crippen LogP contribution < -0.4 is 16.0 Å². The van der Waals surface area contributed by atoms with Crippen LogP contribution >= 0.6 is 0 Å². The van der Waals surface area contributed by atoms with Crippen molar-refractivity contribution in [2.45, 2.75) is 12.5 Å². The SMILES string of the molecule is Nc1cc(-c2cccc(C(=O)NC3CCOC3)c2)nc(N2CCOCC2)n1. The molecule has 0 radical (unpaired) electrons. The van der Waals surface area contributed by atoms with E-state index in [1.807, 2.05) is 18.2 Å². The van der Waals surface area contributed by atoms with Crippen LogP contribution in [0, 0.1) is 0 Å². The number of ether oxygens (including phenoxy) is 2. The van der Waals surface area contributed by atoms with Gasteiger partial charge in [0.05, 0.1) is 31.6 Å². The molecule has 8 heteroatoms. The molecule has 1 atom stereocenters. The van der Waals surface area contributed by atoms with Gasteiger partial charge in [0.1, 0.15) is 5.82 Å². The number of nitrogens with zero attached hydrogens (tertiary/aromatic N) is 3. The second-order valence-electron chi connectivity index (χ2n) is 6.69. The molecule has 2 aliphatic heterocycles. The van der Waals surface area contributed by atoms with Crippen molar-refractivity contribution in [1.29, 1.82) is 0 Å². The Labute approximate surface area is 157 Å². The molecule has 1 unspecified atom stereocenters. The lowest BCUT2D eigenvalue weighted by Gasteiger charge is -2.27. The minimum absolute atomic E-state index is 0.0729. The summed E-state index contributed by atoms with van der Waals surface area (Å²) in [6.45, 7) is 4.01. The van der Waals surface area contributed by atoms with Gasteiger partial charge in [-0.05, 0) is 18.6 Å². The third-order valence-corrected chi connectivity index (χ3v) is 4.71. The Kier molecular flexibility index (Phi) is 5.17. The van der Waals surface area contributed by atoms with Crippen LogP contribution in [-0.2, 0) is 9.47 Å². The predicted molar refractivity (Wildman–Crippen MR) is 102 cm³/mol. The topological polar surface area (TPSA) is 103 Å². The molecule has 1 aromatic heterocycles. The van der Waals surface area contributed by atoms with E-state index < -0.39 is 0 Å². The van der Waals surface area contributed by atoms with Crippen LogP contribution in [0.4, 0.5) is 11.8 Å². The number of hydrogen-bond acceptors (Lipinski definition) is 7. The van der Waals surface area contributed by atoms with Crippen molar-refractivity contribution < 1.29 is 14.3 Å². The molecule has 2 saturated heterocycles. The fraction of sp³-hybridized carbons (Fsp3) is 0.421. The zero-order valence-corrected chi connectivity index (χ0v) is 15.1. The number of morpholine rings is 1. The van der Waals surface area contributed by atoms with Crippen LogP contribution in [0.2, 0.25) is 0 Å². The largest absolute Gasteiger partial charge is 0.384 e. The Morgan fingerprint density at radius 3 is 2.78 bits per heavy atom. The minimum atomic E-state index is -0.109. The maximum atomic E-state index is 12.5. The van der Waals surface area contributed by atoms with E-state index in [9.17, 15) is 4.79 Å². The smallest absolute Gasteiger partial charge is 0.251 e. The van der Waals surface area contributed by atoms with Gasteiger partial charge in [-0.1, -0.05) is 12.1 Å². The lowest BCUT2D eigenvalue weighted by atomic mass is 10.1. The first-order chi connectivity index (χ1) is 13.2. The van der Waals surface area contributed by atoms with Crippen LogP contribution in [0.1, 0.15) is 16.8 Å². The van der Waals surface area contributed by atoms with Gasteiger partial charge in [0, 0.05) is 36.9 Å². The summed E-state index contributed by atoms with van der Waals surface area (Å²) in [5.41, 5.74) is 8.12. The van der Waals surface area contributed by atoms with Gasteiger partial charge < -0.3 is 25.4 Å². The molecule has 2 aliphatic rings. The molecule has 27 heavy (non-hydrogen) atoms. The van der Waals surface area contributed by atoms with Crippen molar-refractivity contribution in [3.05, 3.63) is 35.9 Å². The Bertz CT molecular complexity index is 817. The van der Waals surface area contributed by atoms with Crippen molar-refractivity contribution in [3.8, 4) is 11.3 Å². The Morgan fingerprint density at radius 2 is 2.00 bits per heavy atom. The number of amides is 1. The summed E-state index contributed by atoms with van der Waals surface area (Å²) < 4.78 is 10.7. The average Bonchev–Trinajstić information content (AvgIpc) is 3.21. The van der Waals surface area contributed by atoms with Crippen LogP contribution in [0.15, 0.2) is 30.3 Å². The number of carbonyl (C=O) groups is 1. The maximum Gasteiger partial charge on any atom is 0.251 e. The van der Waals surface area contributed by atoms with Crippen LogP contribution in [0.3, 0.4) is 0 Å². The molecule has 0 spiro atoms. The molecule has 0 bridgehead atoms. The molecular formula is C19H23N5O3. The fourth-order valence-electron chi connectivity index (χ4n) is 3.24. The Morgan fingerprint density at radius 1 is 1.15 bits per heavy atom. The van der Waals surface area contributed by atoms with Gasteiger partial charge in [-0.25, -0.2) is 4.98 Å². The Balaban J connectivity index is 1.57. The summed E-state index contributed by atoms with van der Waals surface area (Å²) >= 11 is 0. The lowest BCUT2D eigenvalue weighted by Crippen LogP contribution is -2.37. The first kappa shape index (κ1) is 17.7. The molecule has 2 aromatic rings. The number of hydrogen-bond donors (Lipinski definition) is 2. The average molecular weight is 369 g/mol. The van der Waals surface area contributed by atoms with Gasteiger partial charge >= 0.3 is 0 Å². The highest BCUT2D eigenvalue weighted by Crippen LogP contribution is 2.23. The summed E-state index contributed by atoms with van der Waals surface area (Å²) in [7, 11) is 0. The second-order valence-corrected chi connectivity index (χ2v) is 6.69. The summed E-state index contributed by atoms with van der Waals surface area (Å²) in [5, 5.41) is 3.00. The van der Waals surface area contributed by atoms with E-state index in [2.05, 4.69) is 20.2 Å². The summed E-state index contributed by atoms with van der Waals surface area (Å²) in [4.78, 5) is 23.6. The zero-order valence-electron chi connectivity index (χ0n) is 15.1. The van der Waals surface area contributed by atoms with Crippen molar-refractivity contribution >= 4 is 17.7 Å². The minimum Gasteiger partial charge on any atom is -0.384 e. The van der Waals surface area contributed by atoms with E-state index in [-0.39, 0.29) is 11.9 Å². The van der Waals surface area contributed by atoms with Gasteiger partial charge in [-0.3, -0.25) is 4.79 Å². The number of nitrogen functional groups attached to an aromatic ring is 1. The van der Waals surface area contributed by atoms with Crippen LogP contribution in [-0.4, -0.2) is 61.4 Å². The number of nitrogens with two attached hydrogens (primary N) is 1. The number of carbonyl (C=O) groups excluding carboxylic acids is 1. The van der Waals surface area contributed by atoms with Gasteiger partial charge in [0.15, 0.2) is 0 Å².